The second-order valence-corrected chi connectivity index (χ2v) is 5.97. The number of hydrogen-bond acceptors (Lipinski definition) is 2. The molecule has 0 spiro atoms. The van der Waals surface area contributed by atoms with Gasteiger partial charge in [0.05, 0.1) is 12.2 Å². The van der Waals surface area contributed by atoms with E-state index in [0.29, 0.717) is 6.04 Å². The van der Waals surface area contributed by atoms with Crippen molar-refractivity contribution in [3.63, 3.8) is 0 Å². The lowest BCUT2D eigenvalue weighted by atomic mass is 10.0. The zero-order valence-electron chi connectivity index (χ0n) is 13.1. The highest BCUT2D eigenvalue weighted by Crippen LogP contribution is 2.23. The number of amides is 1. The number of rotatable bonds is 4. The molecule has 0 unspecified atom stereocenters. The van der Waals surface area contributed by atoms with Gasteiger partial charge in [-0.25, -0.2) is 0 Å². The van der Waals surface area contributed by atoms with Crippen molar-refractivity contribution in [3.8, 4) is 0 Å². The van der Waals surface area contributed by atoms with Crippen LogP contribution in [0.1, 0.15) is 48.1 Å². The van der Waals surface area contributed by atoms with Crippen LogP contribution in [-0.2, 0) is 6.42 Å². The van der Waals surface area contributed by atoms with Crippen molar-refractivity contribution in [2.45, 2.75) is 38.6 Å². The maximum atomic E-state index is 12.4. The summed E-state index contributed by atoms with van der Waals surface area (Å²) < 4.78 is 2.09. The van der Waals surface area contributed by atoms with Crippen molar-refractivity contribution in [2.75, 3.05) is 13.1 Å². The summed E-state index contributed by atoms with van der Waals surface area (Å²) in [6, 6.07) is 9.97. The second-order valence-electron chi connectivity index (χ2n) is 5.97. The van der Waals surface area contributed by atoms with E-state index in [0.717, 1.165) is 44.3 Å². The molecular weight excluding hydrogens is 274 g/mol. The number of aromatic nitrogens is 2. The molecule has 0 N–H and O–H groups in total. The first-order valence-corrected chi connectivity index (χ1v) is 8.15. The molecule has 1 aromatic heterocycles. The molecule has 0 radical (unpaired) electrons. The van der Waals surface area contributed by atoms with Crippen molar-refractivity contribution in [3.05, 3.63) is 53.9 Å². The maximum absolute atomic E-state index is 12.4. The zero-order chi connectivity index (χ0) is 15.4. The molecule has 0 bridgehead atoms. The Balaban J connectivity index is 1.59. The summed E-state index contributed by atoms with van der Waals surface area (Å²) >= 11 is 0. The molecule has 2 aromatic rings. The minimum atomic E-state index is 0.145. The SMILES string of the molecule is CCCc1cnn(C2CCN(C(=O)c3ccccc3)CC2)c1. The Morgan fingerprint density at radius 2 is 1.95 bits per heavy atom. The molecule has 0 aliphatic carbocycles. The number of piperidine rings is 1. The average molecular weight is 297 g/mol. The van der Waals surface area contributed by atoms with Crippen molar-refractivity contribution in [2.24, 2.45) is 0 Å². The minimum absolute atomic E-state index is 0.145. The lowest BCUT2D eigenvalue weighted by Gasteiger charge is -2.32. The number of benzene rings is 1. The van der Waals surface area contributed by atoms with Gasteiger partial charge in [0.2, 0.25) is 0 Å². The first-order chi connectivity index (χ1) is 10.8. The van der Waals surface area contributed by atoms with Crippen molar-refractivity contribution < 1.29 is 4.79 Å². The van der Waals surface area contributed by atoms with Crippen LogP contribution >= 0.6 is 0 Å². The molecular formula is C18H23N3O. The van der Waals surface area contributed by atoms with E-state index in [1.807, 2.05) is 41.4 Å². The van der Waals surface area contributed by atoms with Gasteiger partial charge in [-0.05, 0) is 37.0 Å². The van der Waals surface area contributed by atoms with Crippen LogP contribution in [0, 0.1) is 0 Å². The van der Waals surface area contributed by atoms with Gasteiger partial charge in [-0.2, -0.15) is 5.10 Å². The molecule has 1 fully saturated rings. The summed E-state index contributed by atoms with van der Waals surface area (Å²) in [6.45, 7) is 3.80. The van der Waals surface area contributed by atoms with Gasteiger partial charge >= 0.3 is 0 Å². The second kappa shape index (κ2) is 6.77. The summed E-state index contributed by atoms with van der Waals surface area (Å²) in [6.07, 6.45) is 8.34. The predicted molar refractivity (Wildman–Crippen MR) is 86.8 cm³/mol. The fourth-order valence-electron chi connectivity index (χ4n) is 3.09. The fraction of sp³-hybridized carbons (Fsp3) is 0.444. The van der Waals surface area contributed by atoms with Crippen LogP contribution in [0.25, 0.3) is 0 Å². The van der Waals surface area contributed by atoms with Gasteiger partial charge in [0.1, 0.15) is 0 Å². The van der Waals surface area contributed by atoms with Crippen LogP contribution in [0.2, 0.25) is 0 Å². The molecule has 4 nitrogen and oxygen atoms in total. The van der Waals surface area contributed by atoms with Crippen LogP contribution in [-0.4, -0.2) is 33.7 Å². The first kappa shape index (κ1) is 14.8. The molecule has 1 aliphatic rings. The lowest BCUT2D eigenvalue weighted by molar-refractivity contribution is 0.0690. The van der Waals surface area contributed by atoms with Gasteiger partial charge in [-0.15, -0.1) is 0 Å². The van der Waals surface area contributed by atoms with Gasteiger partial charge in [0, 0.05) is 24.8 Å². The molecule has 22 heavy (non-hydrogen) atoms. The van der Waals surface area contributed by atoms with E-state index in [4.69, 9.17) is 0 Å². The summed E-state index contributed by atoms with van der Waals surface area (Å²) in [5, 5.41) is 4.50. The van der Waals surface area contributed by atoms with Gasteiger partial charge in [-0.3, -0.25) is 9.48 Å². The topological polar surface area (TPSA) is 38.1 Å². The average Bonchev–Trinajstić information content (AvgIpc) is 3.04. The maximum Gasteiger partial charge on any atom is 0.253 e. The Morgan fingerprint density at radius 1 is 1.23 bits per heavy atom. The molecule has 1 aliphatic heterocycles. The van der Waals surface area contributed by atoms with Crippen molar-refractivity contribution in [1.29, 1.82) is 0 Å². The quantitative estimate of drug-likeness (QED) is 0.868. The standard InChI is InChI=1S/C18H23N3O/c1-2-6-15-13-19-21(14-15)17-9-11-20(12-10-17)18(22)16-7-4-3-5-8-16/h3-5,7-8,13-14,17H,2,6,9-12H2,1H3. The number of likely N-dealkylation sites (tertiary alicyclic amines) is 1. The molecule has 116 valence electrons. The predicted octanol–water partition coefficient (Wildman–Crippen LogP) is 3.31. The Kier molecular flexibility index (Phi) is 4.56. The Bertz CT molecular complexity index is 612. The summed E-state index contributed by atoms with van der Waals surface area (Å²) in [5.74, 6) is 0.145. The lowest BCUT2D eigenvalue weighted by Crippen LogP contribution is -2.39. The van der Waals surface area contributed by atoms with E-state index in [1.165, 1.54) is 5.56 Å². The summed E-state index contributed by atoms with van der Waals surface area (Å²) in [4.78, 5) is 14.4. The number of carbonyl (C=O) groups excluding carboxylic acids is 1. The van der Waals surface area contributed by atoms with Crippen molar-refractivity contribution >= 4 is 5.91 Å². The molecule has 2 heterocycles. The highest BCUT2D eigenvalue weighted by Gasteiger charge is 2.24. The third kappa shape index (κ3) is 3.21. The van der Waals surface area contributed by atoms with Crippen LogP contribution < -0.4 is 0 Å². The van der Waals surface area contributed by atoms with Crippen LogP contribution in [0.4, 0.5) is 0 Å². The van der Waals surface area contributed by atoms with Gasteiger partial charge in [0.15, 0.2) is 0 Å². The highest BCUT2D eigenvalue weighted by atomic mass is 16.2. The normalized spacial score (nSPS) is 16.0. The Labute approximate surface area is 131 Å². The minimum Gasteiger partial charge on any atom is -0.338 e. The molecule has 1 saturated heterocycles. The number of hydrogen-bond donors (Lipinski definition) is 0. The monoisotopic (exact) mass is 297 g/mol. The van der Waals surface area contributed by atoms with E-state index in [-0.39, 0.29) is 5.91 Å². The third-order valence-corrected chi connectivity index (χ3v) is 4.34. The zero-order valence-corrected chi connectivity index (χ0v) is 13.1. The van der Waals surface area contributed by atoms with Crippen LogP contribution in [0.5, 0.6) is 0 Å². The van der Waals surface area contributed by atoms with Crippen LogP contribution in [0.3, 0.4) is 0 Å². The number of nitrogens with zero attached hydrogens (tertiary/aromatic N) is 3. The molecule has 0 saturated carbocycles. The third-order valence-electron chi connectivity index (χ3n) is 4.34. The van der Waals surface area contributed by atoms with Gasteiger partial charge in [-0.1, -0.05) is 31.5 Å². The fourth-order valence-corrected chi connectivity index (χ4v) is 3.09. The molecule has 1 amide bonds. The van der Waals surface area contributed by atoms with Gasteiger partial charge < -0.3 is 4.90 Å². The van der Waals surface area contributed by atoms with E-state index in [9.17, 15) is 4.79 Å². The largest absolute Gasteiger partial charge is 0.338 e. The van der Waals surface area contributed by atoms with Gasteiger partial charge in [0.25, 0.3) is 5.91 Å². The van der Waals surface area contributed by atoms with Crippen molar-refractivity contribution in [1.82, 2.24) is 14.7 Å². The van der Waals surface area contributed by atoms with E-state index >= 15 is 0 Å². The van der Waals surface area contributed by atoms with E-state index in [1.54, 1.807) is 0 Å². The summed E-state index contributed by atoms with van der Waals surface area (Å²) in [5.41, 5.74) is 2.09. The van der Waals surface area contributed by atoms with E-state index in [2.05, 4.69) is 22.9 Å². The smallest absolute Gasteiger partial charge is 0.253 e. The Hall–Kier alpha value is -2.10. The number of aryl methyl sites for hydroxylation is 1. The molecule has 3 rings (SSSR count). The first-order valence-electron chi connectivity index (χ1n) is 8.15. The molecule has 0 atom stereocenters. The van der Waals surface area contributed by atoms with E-state index < -0.39 is 0 Å². The summed E-state index contributed by atoms with van der Waals surface area (Å²) in [7, 11) is 0. The number of carbonyl (C=O) groups is 1. The molecule has 4 heteroatoms. The molecule has 1 aromatic carbocycles. The Morgan fingerprint density at radius 3 is 2.64 bits per heavy atom. The van der Waals surface area contributed by atoms with Crippen LogP contribution in [0.15, 0.2) is 42.7 Å². The highest BCUT2D eigenvalue weighted by molar-refractivity contribution is 5.94.